The SMILES string of the molecule is CC(C)(CCN)Nc1ccc([N+](=O)[O-])cn1. The van der Waals surface area contributed by atoms with Crippen molar-refractivity contribution in [1.29, 1.82) is 0 Å². The number of anilines is 1. The van der Waals surface area contributed by atoms with E-state index in [0.717, 1.165) is 6.42 Å². The summed E-state index contributed by atoms with van der Waals surface area (Å²) < 4.78 is 0. The van der Waals surface area contributed by atoms with Crippen LogP contribution < -0.4 is 11.1 Å². The fourth-order valence-corrected chi connectivity index (χ4v) is 1.34. The molecule has 0 atom stereocenters. The normalized spacial score (nSPS) is 11.2. The maximum atomic E-state index is 10.4. The van der Waals surface area contributed by atoms with E-state index in [1.54, 1.807) is 6.07 Å². The molecule has 0 aliphatic carbocycles. The van der Waals surface area contributed by atoms with Gasteiger partial charge in [-0.3, -0.25) is 10.1 Å². The summed E-state index contributed by atoms with van der Waals surface area (Å²) in [6.07, 6.45) is 2.03. The second-order valence-electron chi connectivity index (χ2n) is 4.21. The molecule has 6 nitrogen and oxygen atoms in total. The van der Waals surface area contributed by atoms with Gasteiger partial charge >= 0.3 is 0 Å². The molecular weight excluding hydrogens is 208 g/mol. The summed E-state index contributed by atoms with van der Waals surface area (Å²) in [4.78, 5) is 13.9. The van der Waals surface area contributed by atoms with Gasteiger partial charge in [0.25, 0.3) is 5.69 Å². The van der Waals surface area contributed by atoms with E-state index in [2.05, 4.69) is 10.3 Å². The van der Waals surface area contributed by atoms with Gasteiger partial charge in [0.05, 0.1) is 4.92 Å². The molecule has 0 aliphatic heterocycles. The monoisotopic (exact) mass is 224 g/mol. The molecule has 0 radical (unpaired) electrons. The largest absolute Gasteiger partial charge is 0.365 e. The summed E-state index contributed by atoms with van der Waals surface area (Å²) in [6.45, 7) is 4.58. The highest BCUT2D eigenvalue weighted by molar-refractivity contribution is 5.41. The molecule has 1 aromatic heterocycles. The molecule has 1 heterocycles. The third-order valence-electron chi connectivity index (χ3n) is 2.19. The molecule has 3 N–H and O–H groups in total. The molecule has 0 fully saturated rings. The van der Waals surface area contributed by atoms with E-state index in [-0.39, 0.29) is 11.2 Å². The molecule has 0 aliphatic rings. The molecule has 6 heteroatoms. The number of nitrogens with one attached hydrogen (secondary N) is 1. The zero-order chi connectivity index (χ0) is 12.2. The molecule has 0 aromatic carbocycles. The van der Waals surface area contributed by atoms with Crippen LogP contribution in [0.25, 0.3) is 0 Å². The fraction of sp³-hybridized carbons (Fsp3) is 0.500. The highest BCUT2D eigenvalue weighted by Crippen LogP contribution is 2.17. The number of hydrogen-bond donors (Lipinski definition) is 2. The third kappa shape index (κ3) is 3.47. The van der Waals surface area contributed by atoms with Gasteiger partial charge in [-0.1, -0.05) is 0 Å². The average Bonchev–Trinajstić information content (AvgIpc) is 2.17. The van der Waals surface area contributed by atoms with Crippen LogP contribution in [0.5, 0.6) is 0 Å². The van der Waals surface area contributed by atoms with Crippen LogP contribution in [0, 0.1) is 10.1 Å². The topological polar surface area (TPSA) is 94.1 Å². The van der Waals surface area contributed by atoms with Crippen LogP contribution in [-0.4, -0.2) is 22.0 Å². The summed E-state index contributed by atoms with van der Waals surface area (Å²) >= 11 is 0. The molecule has 1 aromatic rings. The lowest BCUT2D eigenvalue weighted by atomic mass is 10.0. The minimum absolute atomic E-state index is 0.0119. The van der Waals surface area contributed by atoms with Crippen LogP contribution in [0.15, 0.2) is 18.3 Å². The van der Waals surface area contributed by atoms with Crippen molar-refractivity contribution in [3.05, 3.63) is 28.4 Å². The Hall–Kier alpha value is -1.69. The van der Waals surface area contributed by atoms with E-state index < -0.39 is 4.92 Å². The average molecular weight is 224 g/mol. The van der Waals surface area contributed by atoms with Crippen LogP contribution in [0.4, 0.5) is 11.5 Å². The lowest BCUT2D eigenvalue weighted by molar-refractivity contribution is -0.385. The number of aromatic nitrogens is 1. The first-order valence-corrected chi connectivity index (χ1v) is 5.03. The van der Waals surface area contributed by atoms with Gasteiger partial charge in [0.2, 0.25) is 0 Å². The zero-order valence-electron chi connectivity index (χ0n) is 9.43. The van der Waals surface area contributed by atoms with Gasteiger partial charge < -0.3 is 11.1 Å². The van der Waals surface area contributed by atoms with E-state index in [1.165, 1.54) is 12.3 Å². The predicted octanol–water partition coefficient (Wildman–Crippen LogP) is 1.53. The van der Waals surface area contributed by atoms with Crippen molar-refractivity contribution >= 4 is 11.5 Å². The summed E-state index contributed by atoms with van der Waals surface area (Å²) in [6, 6.07) is 3.02. The van der Waals surface area contributed by atoms with Gasteiger partial charge in [0.1, 0.15) is 12.0 Å². The van der Waals surface area contributed by atoms with Crippen molar-refractivity contribution in [3.63, 3.8) is 0 Å². The third-order valence-corrected chi connectivity index (χ3v) is 2.19. The number of pyridine rings is 1. The van der Waals surface area contributed by atoms with E-state index >= 15 is 0 Å². The molecule has 0 amide bonds. The quantitative estimate of drug-likeness (QED) is 0.584. The van der Waals surface area contributed by atoms with Crippen molar-refractivity contribution in [1.82, 2.24) is 4.98 Å². The second kappa shape index (κ2) is 4.89. The van der Waals surface area contributed by atoms with Crippen molar-refractivity contribution < 1.29 is 4.92 Å². The van der Waals surface area contributed by atoms with Crippen LogP contribution in [0.1, 0.15) is 20.3 Å². The van der Waals surface area contributed by atoms with Crippen molar-refractivity contribution in [2.45, 2.75) is 25.8 Å². The second-order valence-corrected chi connectivity index (χ2v) is 4.21. The maximum absolute atomic E-state index is 10.4. The molecule has 0 bridgehead atoms. The maximum Gasteiger partial charge on any atom is 0.287 e. The minimum Gasteiger partial charge on any atom is -0.365 e. The van der Waals surface area contributed by atoms with Gasteiger partial charge in [0.15, 0.2) is 0 Å². The van der Waals surface area contributed by atoms with Gasteiger partial charge in [-0.25, -0.2) is 4.98 Å². The molecule has 0 spiro atoms. The van der Waals surface area contributed by atoms with Crippen molar-refractivity contribution in [3.8, 4) is 0 Å². The van der Waals surface area contributed by atoms with Crippen molar-refractivity contribution in [2.24, 2.45) is 5.73 Å². The molecule has 0 unspecified atom stereocenters. The Bertz CT molecular complexity index is 362. The highest BCUT2D eigenvalue weighted by Gasteiger charge is 2.17. The highest BCUT2D eigenvalue weighted by atomic mass is 16.6. The molecule has 0 saturated heterocycles. The van der Waals surface area contributed by atoms with E-state index in [1.807, 2.05) is 13.8 Å². The molecule has 88 valence electrons. The molecular formula is C10H16N4O2. The zero-order valence-corrected chi connectivity index (χ0v) is 9.43. The number of nitrogens with zero attached hydrogens (tertiary/aromatic N) is 2. The Morgan fingerprint density at radius 3 is 2.69 bits per heavy atom. The Kier molecular flexibility index (Phi) is 3.78. The summed E-state index contributed by atoms with van der Waals surface area (Å²) in [7, 11) is 0. The first-order valence-electron chi connectivity index (χ1n) is 5.03. The van der Waals surface area contributed by atoms with E-state index in [0.29, 0.717) is 12.4 Å². The van der Waals surface area contributed by atoms with Crippen LogP contribution in [-0.2, 0) is 0 Å². The van der Waals surface area contributed by atoms with Crippen LogP contribution in [0.3, 0.4) is 0 Å². The first-order chi connectivity index (χ1) is 7.44. The van der Waals surface area contributed by atoms with Gasteiger partial charge in [-0.2, -0.15) is 0 Å². The smallest absolute Gasteiger partial charge is 0.287 e. The standard InChI is InChI=1S/C10H16N4O2/c1-10(2,5-6-11)13-9-4-3-8(7-12-9)14(15)16/h3-4,7H,5-6,11H2,1-2H3,(H,12,13). The minimum atomic E-state index is -0.470. The summed E-state index contributed by atoms with van der Waals surface area (Å²) in [5.41, 5.74) is 5.30. The molecule has 0 saturated carbocycles. The van der Waals surface area contributed by atoms with Crippen molar-refractivity contribution in [2.75, 3.05) is 11.9 Å². The number of hydrogen-bond acceptors (Lipinski definition) is 5. The Balaban J connectivity index is 2.72. The number of rotatable bonds is 5. The number of nitrogens with two attached hydrogens (primary N) is 1. The summed E-state index contributed by atoms with van der Waals surface area (Å²) in [5, 5.41) is 13.6. The molecule has 16 heavy (non-hydrogen) atoms. The van der Waals surface area contributed by atoms with Gasteiger partial charge in [-0.15, -0.1) is 0 Å². The van der Waals surface area contributed by atoms with E-state index in [4.69, 9.17) is 5.73 Å². The molecule has 1 rings (SSSR count). The van der Waals surface area contributed by atoms with Gasteiger partial charge in [0, 0.05) is 11.6 Å². The van der Waals surface area contributed by atoms with Gasteiger partial charge in [-0.05, 0) is 32.9 Å². The Morgan fingerprint density at radius 2 is 2.25 bits per heavy atom. The fourth-order valence-electron chi connectivity index (χ4n) is 1.34. The van der Waals surface area contributed by atoms with Crippen LogP contribution in [0.2, 0.25) is 0 Å². The summed E-state index contributed by atoms with van der Waals surface area (Å²) in [5.74, 6) is 0.615. The lowest BCUT2D eigenvalue weighted by Gasteiger charge is -2.26. The number of nitro groups is 1. The first kappa shape index (κ1) is 12.4. The Labute approximate surface area is 94.0 Å². The van der Waals surface area contributed by atoms with E-state index in [9.17, 15) is 10.1 Å². The Morgan fingerprint density at radius 1 is 1.56 bits per heavy atom. The lowest BCUT2D eigenvalue weighted by Crippen LogP contribution is -2.33. The predicted molar refractivity (Wildman–Crippen MR) is 62.3 cm³/mol. The van der Waals surface area contributed by atoms with Crippen LogP contribution >= 0.6 is 0 Å².